The number of nitrogens with one attached hydrogen (secondary N) is 1. The summed E-state index contributed by atoms with van der Waals surface area (Å²) in [5, 5.41) is 5.12. The van der Waals surface area contributed by atoms with Gasteiger partial charge in [0.25, 0.3) is 10.0 Å². The molecule has 3 aromatic rings. The van der Waals surface area contributed by atoms with Crippen LogP contribution in [0.25, 0.3) is 0 Å². The molecule has 0 aliphatic rings. The standard InChI is InChI=1S/C21H21ClN2O4S2/c1-15(16-9-11-17(22)12-10-16)23-20(25)14-24(18-6-3-4-7-19(18)28-2)30(26,27)21-8-5-13-29-21/h3-13,15H,14H2,1-2H3,(H,23,25). The van der Waals surface area contributed by atoms with Gasteiger partial charge in [0.1, 0.15) is 16.5 Å². The molecule has 3 rings (SSSR count). The Hall–Kier alpha value is -2.55. The fourth-order valence-corrected chi connectivity index (χ4v) is 5.57. The number of hydrogen-bond acceptors (Lipinski definition) is 5. The second-order valence-corrected chi connectivity index (χ2v) is 9.93. The van der Waals surface area contributed by atoms with Gasteiger partial charge in [0.05, 0.1) is 18.8 Å². The van der Waals surface area contributed by atoms with Crippen molar-refractivity contribution in [2.75, 3.05) is 18.0 Å². The Labute approximate surface area is 185 Å². The SMILES string of the molecule is COc1ccccc1N(CC(=O)NC(C)c1ccc(Cl)cc1)S(=O)(=O)c1cccs1. The Kier molecular flexibility index (Phi) is 7.02. The lowest BCUT2D eigenvalue weighted by molar-refractivity contribution is -0.120. The summed E-state index contributed by atoms with van der Waals surface area (Å²) in [6, 6.07) is 16.6. The van der Waals surface area contributed by atoms with E-state index in [1.165, 1.54) is 13.2 Å². The van der Waals surface area contributed by atoms with E-state index in [-0.39, 0.29) is 10.3 Å². The van der Waals surface area contributed by atoms with Crippen LogP contribution in [0, 0.1) is 0 Å². The van der Waals surface area contributed by atoms with Crippen molar-refractivity contribution in [3.8, 4) is 5.75 Å². The van der Waals surface area contributed by atoms with E-state index in [9.17, 15) is 13.2 Å². The molecule has 6 nitrogen and oxygen atoms in total. The predicted octanol–water partition coefficient (Wildman–Crippen LogP) is 4.48. The number of halogens is 1. The van der Waals surface area contributed by atoms with Crippen LogP contribution in [-0.2, 0) is 14.8 Å². The molecule has 1 heterocycles. The molecule has 0 radical (unpaired) electrons. The number of nitrogens with zero attached hydrogens (tertiary/aromatic N) is 1. The summed E-state index contributed by atoms with van der Waals surface area (Å²) >= 11 is 7.01. The lowest BCUT2D eigenvalue weighted by atomic mass is 10.1. The molecule has 0 saturated carbocycles. The zero-order chi connectivity index (χ0) is 21.7. The van der Waals surface area contributed by atoms with Crippen molar-refractivity contribution < 1.29 is 17.9 Å². The molecular weight excluding hydrogens is 444 g/mol. The van der Waals surface area contributed by atoms with Crippen molar-refractivity contribution in [2.45, 2.75) is 17.2 Å². The summed E-state index contributed by atoms with van der Waals surface area (Å²) in [6.45, 7) is 1.43. The Bertz CT molecular complexity index is 1100. The molecule has 0 aliphatic heterocycles. The number of benzene rings is 2. The number of ether oxygens (including phenoxy) is 1. The number of amides is 1. The molecular formula is C21H21ClN2O4S2. The van der Waals surface area contributed by atoms with Gasteiger partial charge in [-0.15, -0.1) is 11.3 Å². The third-order valence-corrected chi connectivity index (χ3v) is 7.81. The van der Waals surface area contributed by atoms with Gasteiger partial charge >= 0.3 is 0 Å². The highest BCUT2D eigenvalue weighted by Gasteiger charge is 2.30. The fraction of sp³-hybridized carbons (Fsp3) is 0.190. The zero-order valence-corrected chi connectivity index (χ0v) is 18.8. The molecule has 1 amide bonds. The second-order valence-electron chi connectivity index (χ2n) is 6.46. The Morgan fingerprint density at radius 3 is 2.47 bits per heavy atom. The maximum atomic E-state index is 13.3. The quantitative estimate of drug-likeness (QED) is 0.533. The number of sulfonamides is 1. The van der Waals surface area contributed by atoms with Gasteiger partial charge in [-0.05, 0) is 48.2 Å². The van der Waals surface area contributed by atoms with E-state index >= 15 is 0 Å². The number of rotatable bonds is 8. The van der Waals surface area contributed by atoms with Crippen molar-refractivity contribution in [1.82, 2.24) is 5.32 Å². The lowest BCUT2D eigenvalue weighted by Gasteiger charge is -2.25. The molecule has 1 atom stereocenters. The molecule has 0 aliphatic carbocycles. The smallest absolute Gasteiger partial charge is 0.274 e. The average Bonchev–Trinajstić information content (AvgIpc) is 3.28. The van der Waals surface area contributed by atoms with Crippen molar-refractivity contribution in [3.05, 3.63) is 76.6 Å². The van der Waals surface area contributed by atoms with Gasteiger partial charge in [-0.3, -0.25) is 9.10 Å². The number of thiophene rings is 1. The molecule has 9 heteroatoms. The van der Waals surface area contributed by atoms with Crippen LogP contribution in [-0.4, -0.2) is 28.0 Å². The maximum absolute atomic E-state index is 13.3. The molecule has 1 unspecified atom stereocenters. The first kappa shape index (κ1) is 22.1. The molecule has 30 heavy (non-hydrogen) atoms. The van der Waals surface area contributed by atoms with Gasteiger partial charge in [0.15, 0.2) is 0 Å². The van der Waals surface area contributed by atoms with E-state index in [1.807, 2.05) is 19.1 Å². The molecule has 0 saturated heterocycles. The maximum Gasteiger partial charge on any atom is 0.274 e. The molecule has 2 aromatic carbocycles. The monoisotopic (exact) mass is 464 g/mol. The second kappa shape index (κ2) is 9.51. The number of hydrogen-bond donors (Lipinski definition) is 1. The highest BCUT2D eigenvalue weighted by atomic mass is 35.5. The molecule has 0 bridgehead atoms. The first-order valence-corrected chi connectivity index (χ1v) is 11.8. The van der Waals surface area contributed by atoms with Crippen LogP contribution in [0.15, 0.2) is 70.3 Å². The number of anilines is 1. The van der Waals surface area contributed by atoms with E-state index in [0.29, 0.717) is 16.5 Å². The van der Waals surface area contributed by atoms with Crippen LogP contribution in [0.3, 0.4) is 0 Å². The Morgan fingerprint density at radius 1 is 1.13 bits per heavy atom. The summed E-state index contributed by atoms with van der Waals surface area (Å²) in [4.78, 5) is 12.8. The van der Waals surface area contributed by atoms with Crippen LogP contribution in [0.5, 0.6) is 5.75 Å². The van der Waals surface area contributed by atoms with Crippen molar-refractivity contribution in [1.29, 1.82) is 0 Å². The Morgan fingerprint density at radius 2 is 1.83 bits per heavy atom. The van der Waals surface area contributed by atoms with Crippen LogP contribution in [0.1, 0.15) is 18.5 Å². The van der Waals surface area contributed by atoms with E-state index in [2.05, 4.69) is 5.32 Å². The minimum Gasteiger partial charge on any atom is -0.495 e. The first-order valence-electron chi connectivity index (χ1n) is 9.07. The summed E-state index contributed by atoms with van der Waals surface area (Å²) in [5.74, 6) is -0.0836. The summed E-state index contributed by atoms with van der Waals surface area (Å²) in [5.41, 5.74) is 1.15. The normalized spacial score (nSPS) is 12.2. The average molecular weight is 465 g/mol. The Balaban J connectivity index is 1.89. The van der Waals surface area contributed by atoms with Gasteiger partial charge in [0, 0.05) is 5.02 Å². The highest BCUT2D eigenvalue weighted by molar-refractivity contribution is 7.94. The van der Waals surface area contributed by atoms with Gasteiger partial charge in [-0.2, -0.15) is 0 Å². The molecule has 0 spiro atoms. The van der Waals surface area contributed by atoms with Crippen LogP contribution < -0.4 is 14.4 Å². The van der Waals surface area contributed by atoms with Gasteiger partial charge in [0.2, 0.25) is 5.91 Å². The van der Waals surface area contributed by atoms with E-state index < -0.39 is 22.5 Å². The minimum atomic E-state index is -3.95. The van der Waals surface area contributed by atoms with Crippen LogP contribution in [0.4, 0.5) is 5.69 Å². The largest absolute Gasteiger partial charge is 0.495 e. The summed E-state index contributed by atoms with van der Waals surface area (Å²) in [7, 11) is -2.50. The van der Waals surface area contributed by atoms with Crippen LogP contribution in [0.2, 0.25) is 5.02 Å². The van der Waals surface area contributed by atoms with E-state index in [1.54, 1.807) is 47.8 Å². The third-order valence-electron chi connectivity index (χ3n) is 4.43. The van der Waals surface area contributed by atoms with Crippen LogP contribution >= 0.6 is 22.9 Å². The third kappa shape index (κ3) is 4.95. The zero-order valence-electron chi connectivity index (χ0n) is 16.4. The molecule has 0 fully saturated rings. The van der Waals surface area contributed by atoms with E-state index in [4.69, 9.17) is 16.3 Å². The van der Waals surface area contributed by atoms with Crippen molar-refractivity contribution in [3.63, 3.8) is 0 Å². The molecule has 1 N–H and O–H groups in total. The molecule has 1 aromatic heterocycles. The fourth-order valence-electron chi connectivity index (χ4n) is 2.91. The predicted molar refractivity (Wildman–Crippen MR) is 120 cm³/mol. The topological polar surface area (TPSA) is 75.7 Å². The van der Waals surface area contributed by atoms with Gasteiger partial charge < -0.3 is 10.1 Å². The minimum absolute atomic E-state index is 0.145. The number of para-hydroxylation sites is 2. The lowest BCUT2D eigenvalue weighted by Crippen LogP contribution is -2.41. The number of carbonyl (C=O) groups excluding carboxylic acids is 1. The summed E-state index contributed by atoms with van der Waals surface area (Å²) in [6.07, 6.45) is 0. The number of carbonyl (C=O) groups is 1. The summed E-state index contributed by atoms with van der Waals surface area (Å²) < 4.78 is 33.1. The highest BCUT2D eigenvalue weighted by Crippen LogP contribution is 2.33. The first-order chi connectivity index (χ1) is 14.3. The number of methoxy groups -OCH3 is 1. The van der Waals surface area contributed by atoms with Gasteiger partial charge in [-0.25, -0.2) is 8.42 Å². The van der Waals surface area contributed by atoms with Crippen molar-refractivity contribution >= 4 is 44.6 Å². The van der Waals surface area contributed by atoms with Crippen molar-refractivity contribution in [2.24, 2.45) is 0 Å². The van der Waals surface area contributed by atoms with E-state index in [0.717, 1.165) is 21.2 Å². The van der Waals surface area contributed by atoms with Gasteiger partial charge in [-0.1, -0.05) is 41.9 Å². The molecule has 158 valence electrons.